The lowest BCUT2D eigenvalue weighted by Gasteiger charge is -2.25. The molecule has 0 saturated heterocycles. The molecule has 0 aromatic carbocycles. The van der Waals surface area contributed by atoms with Crippen LogP contribution in [0.2, 0.25) is 6.82 Å². The van der Waals surface area contributed by atoms with Gasteiger partial charge in [-0.05, 0) is 48.4 Å². The molecule has 14 heteroatoms. The minimum Gasteiger partial charge on any atom is -0.460 e. The molecule has 0 aromatic heterocycles. The zero-order valence-corrected chi connectivity index (χ0v) is 21.7. The molecule has 2 unspecified atom stereocenters. The molecular formula is C20H37BN4O8S. The van der Waals surface area contributed by atoms with Crippen LogP contribution in [-0.4, -0.2) is 83.9 Å². The van der Waals surface area contributed by atoms with Crippen LogP contribution in [0.15, 0.2) is 0 Å². The van der Waals surface area contributed by atoms with E-state index in [4.69, 9.17) is 9.47 Å². The van der Waals surface area contributed by atoms with E-state index in [0.717, 1.165) is 0 Å². The molecule has 0 aromatic rings. The molecule has 0 spiro atoms. The van der Waals surface area contributed by atoms with E-state index in [2.05, 4.69) is 33.8 Å². The largest absolute Gasteiger partial charge is 0.460 e. The van der Waals surface area contributed by atoms with Crippen LogP contribution in [-0.2, 0) is 33.4 Å². The van der Waals surface area contributed by atoms with Crippen molar-refractivity contribution in [3.63, 3.8) is 0 Å². The molecule has 5 N–H and O–H groups in total. The highest BCUT2D eigenvalue weighted by Crippen LogP contribution is 2.10. The second-order valence-electron chi connectivity index (χ2n) is 9.52. The average molecular weight is 504 g/mol. The lowest BCUT2D eigenvalue weighted by molar-refractivity contribution is -0.156. The Morgan fingerprint density at radius 2 is 1.41 bits per heavy atom. The van der Waals surface area contributed by atoms with Gasteiger partial charge < -0.3 is 35.7 Å². The highest BCUT2D eigenvalue weighted by atomic mass is 32.1. The summed E-state index contributed by atoms with van der Waals surface area (Å²) in [7, 11) is -0.974. The molecule has 2 atom stereocenters. The van der Waals surface area contributed by atoms with Crippen molar-refractivity contribution < 1.29 is 38.5 Å². The molecule has 0 radical (unpaired) electrons. The maximum atomic E-state index is 12.8. The number of hydrogen-bond acceptors (Lipinski definition) is 10. The van der Waals surface area contributed by atoms with Crippen LogP contribution in [0.3, 0.4) is 0 Å². The Hall–Kier alpha value is -2.32. The number of carbonyl (C=O) groups excluding carboxylic acids is 5. The molecule has 0 rings (SSSR count). The summed E-state index contributed by atoms with van der Waals surface area (Å²) in [6, 6.07) is -2.60. The van der Waals surface area contributed by atoms with Crippen molar-refractivity contribution in [1.29, 1.82) is 0 Å². The zero-order chi connectivity index (χ0) is 26.7. The van der Waals surface area contributed by atoms with Gasteiger partial charge in [0.05, 0.1) is 12.2 Å². The van der Waals surface area contributed by atoms with Gasteiger partial charge in [0.15, 0.2) is 0 Å². The van der Waals surface area contributed by atoms with Gasteiger partial charge in [0.1, 0.15) is 29.8 Å². The first-order chi connectivity index (χ1) is 15.4. The summed E-state index contributed by atoms with van der Waals surface area (Å²) in [4.78, 5) is 61.5. The first-order valence-corrected chi connectivity index (χ1v) is 11.4. The molecule has 0 aliphatic carbocycles. The monoisotopic (exact) mass is 504 g/mol. The Bertz CT molecular complexity index is 737. The summed E-state index contributed by atoms with van der Waals surface area (Å²) in [5, 5.41) is 19.2. The highest BCUT2D eigenvalue weighted by Gasteiger charge is 2.31. The number of rotatable bonds is 12. The van der Waals surface area contributed by atoms with Crippen LogP contribution < -0.4 is 21.2 Å². The molecule has 0 fully saturated rings. The quantitative estimate of drug-likeness (QED) is 0.108. The lowest BCUT2D eigenvalue weighted by atomic mass is 9.88. The normalized spacial score (nSPS) is 13.2. The number of amides is 3. The molecule has 194 valence electrons. The number of thiol groups is 1. The predicted octanol–water partition coefficient (Wildman–Crippen LogP) is -1.22. The minimum absolute atomic E-state index is 0.165. The molecule has 0 aliphatic rings. The van der Waals surface area contributed by atoms with Crippen LogP contribution in [0, 0.1) is 0 Å². The maximum absolute atomic E-state index is 12.8. The second-order valence-corrected chi connectivity index (χ2v) is 9.83. The number of esters is 2. The molecule has 0 aliphatic heterocycles. The van der Waals surface area contributed by atoms with Crippen LogP contribution in [0.4, 0.5) is 0 Å². The van der Waals surface area contributed by atoms with E-state index < -0.39 is 73.0 Å². The minimum atomic E-state index is -1.41. The van der Waals surface area contributed by atoms with E-state index >= 15 is 0 Å². The van der Waals surface area contributed by atoms with E-state index in [1.807, 2.05) is 0 Å². The van der Waals surface area contributed by atoms with Gasteiger partial charge in [-0.3, -0.25) is 24.0 Å². The maximum Gasteiger partial charge on any atom is 0.373 e. The van der Waals surface area contributed by atoms with Crippen molar-refractivity contribution >= 4 is 49.3 Å². The smallest absolute Gasteiger partial charge is 0.373 e. The third-order valence-corrected chi connectivity index (χ3v) is 3.95. The van der Waals surface area contributed by atoms with Crippen molar-refractivity contribution in [2.45, 2.75) is 78.1 Å². The van der Waals surface area contributed by atoms with Gasteiger partial charge in [-0.1, -0.05) is 0 Å². The predicted molar refractivity (Wildman–Crippen MR) is 129 cm³/mol. The molecule has 3 amide bonds. The third-order valence-electron chi connectivity index (χ3n) is 3.66. The number of nitrogens with one attached hydrogen (secondary N) is 4. The molecule has 34 heavy (non-hydrogen) atoms. The summed E-state index contributed by atoms with van der Waals surface area (Å²) in [5.74, 6) is -3.85. The van der Waals surface area contributed by atoms with Crippen molar-refractivity contribution in [3.8, 4) is 0 Å². The van der Waals surface area contributed by atoms with E-state index in [1.165, 1.54) is 6.82 Å². The Morgan fingerprint density at radius 3 is 1.88 bits per heavy atom. The van der Waals surface area contributed by atoms with Gasteiger partial charge in [0.2, 0.25) is 17.7 Å². The average Bonchev–Trinajstić information content (AvgIpc) is 2.65. The Kier molecular flexibility index (Phi) is 13.2. The molecular weight excluding hydrogens is 467 g/mol. The van der Waals surface area contributed by atoms with E-state index in [-0.39, 0.29) is 12.3 Å². The fourth-order valence-corrected chi connectivity index (χ4v) is 2.52. The van der Waals surface area contributed by atoms with Crippen molar-refractivity contribution in [2.75, 3.05) is 18.8 Å². The fraction of sp³-hybridized carbons (Fsp3) is 0.750. The van der Waals surface area contributed by atoms with Crippen molar-refractivity contribution in [2.24, 2.45) is 0 Å². The fourth-order valence-electron chi connectivity index (χ4n) is 2.43. The Balaban J connectivity index is 5.49. The summed E-state index contributed by atoms with van der Waals surface area (Å²) in [6.45, 7) is 10.7. The van der Waals surface area contributed by atoms with Gasteiger partial charge in [-0.25, -0.2) is 0 Å². The third kappa shape index (κ3) is 15.5. The standard InChI is InChI=1S/C20H37BN4O8S/c1-19(2,3)32-15(27)8-12(17(29)22-10-16(28)33-20(4,5)6)25-18(30)13(9-23-21(7)31)24-14(26)11-34/h12-13,23,31,34H,8-11H2,1-7H3,(H,22,29)(H,24,26)(H,25,30). The Morgan fingerprint density at radius 1 is 0.882 bits per heavy atom. The SMILES string of the molecule is CB(O)NCC(NC(=O)CS)C(=O)NC(CC(=O)OC(C)(C)C)C(=O)NCC(=O)OC(C)(C)C. The van der Waals surface area contributed by atoms with Crippen LogP contribution in [0.25, 0.3) is 0 Å². The number of carbonyl (C=O) groups is 5. The van der Waals surface area contributed by atoms with Crippen LogP contribution in [0.5, 0.6) is 0 Å². The second kappa shape index (κ2) is 14.2. The van der Waals surface area contributed by atoms with Gasteiger partial charge in [0, 0.05) is 6.54 Å². The van der Waals surface area contributed by atoms with E-state index in [9.17, 15) is 29.0 Å². The molecule has 0 saturated carbocycles. The van der Waals surface area contributed by atoms with Crippen LogP contribution in [0.1, 0.15) is 48.0 Å². The molecule has 0 bridgehead atoms. The lowest BCUT2D eigenvalue weighted by Crippen LogP contribution is -2.58. The summed E-state index contributed by atoms with van der Waals surface area (Å²) in [6.07, 6.45) is -0.528. The number of ether oxygens (including phenoxy) is 2. The van der Waals surface area contributed by atoms with E-state index in [1.54, 1.807) is 41.5 Å². The summed E-state index contributed by atoms with van der Waals surface area (Å²) >= 11 is 3.85. The van der Waals surface area contributed by atoms with Crippen LogP contribution >= 0.6 is 12.6 Å². The van der Waals surface area contributed by atoms with Crippen molar-refractivity contribution in [3.05, 3.63) is 0 Å². The molecule has 0 heterocycles. The van der Waals surface area contributed by atoms with Gasteiger partial charge in [-0.2, -0.15) is 12.6 Å². The Labute approximate surface area is 206 Å². The highest BCUT2D eigenvalue weighted by molar-refractivity contribution is 7.81. The first kappa shape index (κ1) is 31.7. The number of hydrogen-bond donors (Lipinski definition) is 6. The van der Waals surface area contributed by atoms with Crippen molar-refractivity contribution in [1.82, 2.24) is 21.2 Å². The topological polar surface area (TPSA) is 172 Å². The van der Waals surface area contributed by atoms with Gasteiger partial charge >= 0.3 is 19.0 Å². The summed E-state index contributed by atoms with van der Waals surface area (Å²) in [5.41, 5.74) is -1.59. The first-order valence-electron chi connectivity index (χ1n) is 10.8. The zero-order valence-electron chi connectivity index (χ0n) is 20.8. The van der Waals surface area contributed by atoms with Gasteiger partial charge in [0.25, 0.3) is 0 Å². The summed E-state index contributed by atoms with van der Waals surface area (Å²) < 4.78 is 10.4. The van der Waals surface area contributed by atoms with E-state index in [0.29, 0.717) is 0 Å². The molecule has 12 nitrogen and oxygen atoms in total. The van der Waals surface area contributed by atoms with Gasteiger partial charge in [-0.15, -0.1) is 0 Å².